The molecule has 1 aromatic carbocycles. The van der Waals surface area contributed by atoms with Crippen LogP contribution in [0.2, 0.25) is 0 Å². The van der Waals surface area contributed by atoms with E-state index >= 15 is 0 Å². The summed E-state index contributed by atoms with van der Waals surface area (Å²) in [5.41, 5.74) is 3.84. The number of benzene rings is 1. The number of hydrogen-bond donors (Lipinski definition) is 1. The number of rotatable bonds is 6. The minimum atomic E-state index is -0.000168. The summed E-state index contributed by atoms with van der Waals surface area (Å²) in [7, 11) is 0. The van der Waals surface area contributed by atoms with Gasteiger partial charge in [0.1, 0.15) is 16.2 Å². The summed E-state index contributed by atoms with van der Waals surface area (Å²) in [4.78, 5) is 23.9. The summed E-state index contributed by atoms with van der Waals surface area (Å²) in [6, 6.07) is 8.45. The van der Waals surface area contributed by atoms with Crippen molar-refractivity contribution in [3.63, 3.8) is 0 Å². The van der Waals surface area contributed by atoms with E-state index in [1.54, 1.807) is 17.7 Å². The fourth-order valence-electron chi connectivity index (χ4n) is 3.55. The zero-order valence-corrected chi connectivity index (χ0v) is 17.3. The van der Waals surface area contributed by atoms with Gasteiger partial charge in [0.05, 0.1) is 11.8 Å². The molecule has 6 heteroatoms. The maximum Gasteiger partial charge on any atom is 0.230 e. The third-order valence-corrected chi connectivity index (χ3v) is 7.26. The minimum absolute atomic E-state index is 0.000168. The Kier molecular flexibility index (Phi) is 5.45. The minimum Gasteiger partial charge on any atom is -0.349 e. The molecular weight excluding hydrogens is 374 g/mol. The number of aryl methyl sites for hydroxylation is 3. The molecule has 0 fully saturated rings. The molecule has 0 unspecified atom stereocenters. The maximum absolute atomic E-state index is 12.5. The van der Waals surface area contributed by atoms with Crippen molar-refractivity contribution in [3.05, 3.63) is 52.2 Å². The van der Waals surface area contributed by atoms with E-state index in [9.17, 15) is 4.79 Å². The second-order valence-corrected chi connectivity index (χ2v) is 8.94. The first-order chi connectivity index (χ1) is 13.2. The van der Waals surface area contributed by atoms with Crippen LogP contribution in [0.1, 0.15) is 47.9 Å². The Labute approximate surface area is 167 Å². The number of carbonyl (C=O) groups is 1. The molecule has 4 nitrogen and oxygen atoms in total. The van der Waals surface area contributed by atoms with Crippen molar-refractivity contribution in [3.8, 4) is 0 Å². The Morgan fingerprint density at radius 2 is 2.07 bits per heavy atom. The van der Waals surface area contributed by atoms with Gasteiger partial charge in [-0.2, -0.15) is 0 Å². The van der Waals surface area contributed by atoms with Crippen molar-refractivity contribution >= 4 is 39.2 Å². The number of thioether (sulfide) groups is 1. The highest BCUT2D eigenvalue weighted by molar-refractivity contribution is 8.00. The van der Waals surface area contributed by atoms with Gasteiger partial charge >= 0.3 is 0 Å². The monoisotopic (exact) mass is 397 g/mol. The van der Waals surface area contributed by atoms with Gasteiger partial charge in [0, 0.05) is 10.3 Å². The average molecular weight is 398 g/mol. The third kappa shape index (κ3) is 3.87. The molecule has 4 rings (SSSR count). The molecule has 1 aliphatic carbocycles. The van der Waals surface area contributed by atoms with Crippen LogP contribution < -0.4 is 5.32 Å². The molecule has 0 radical (unpaired) electrons. The summed E-state index contributed by atoms with van der Waals surface area (Å²) in [6.07, 6.45) is 6.11. The summed E-state index contributed by atoms with van der Waals surface area (Å²) in [5, 5.41) is 5.21. The molecule has 0 saturated heterocycles. The van der Waals surface area contributed by atoms with E-state index < -0.39 is 0 Å². The van der Waals surface area contributed by atoms with Crippen LogP contribution in [0.25, 0.3) is 10.2 Å². The fraction of sp³-hybridized carbons (Fsp3) is 0.381. The molecule has 3 aromatic rings. The molecule has 0 aliphatic heterocycles. The van der Waals surface area contributed by atoms with Crippen LogP contribution in [0.15, 0.2) is 35.6 Å². The second-order valence-electron chi connectivity index (χ2n) is 6.89. The predicted octanol–water partition coefficient (Wildman–Crippen LogP) is 4.71. The molecule has 0 saturated carbocycles. The van der Waals surface area contributed by atoms with E-state index in [-0.39, 0.29) is 11.9 Å². The molecule has 1 N–H and O–H groups in total. The molecule has 0 spiro atoms. The van der Waals surface area contributed by atoms with E-state index in [1.807, 2.05) is 6.92 Å². The first-order valence-electron chi connectivity index (χ1n) is 9.42. The van der Waals surface area contributed by atoms with Crippen LogP contribution >= 0.6 is 23.1 Å². The lowest BCUT2D eigenvalue weighted by Crippen LogP contribution is -2.28. The zero-order chi connectivity index (χ0) is 18.8. The van der Waals surface area contributed by atoms with Crippen LogP contribution in [0, 0.1) is 0 Å². The van der Waals surface area contributed by atoms with Crippen LogP contribution in [0.4, 0.5) is 0 Å². The quantitative estimate of drug-likeness (QED) is 0.483. The Bertz CT molecular complexity index is 965. The summed E-state index contributed by atoms with van der Waals surface area (Å²) in [6.45, 7) is 4.17. The first kappa shape index (κ1) is 18.4. The van der Waals surface area contributed by atoms with Gasteiger partial charge in [-0.1, -0.05) is 43.0 Å². The van der Waals surface area contributed by atoms with Crippen molar-refractivity contribution in [2.24, 2.45) is 0 Å². The van der Waals surface area contributed by atoms with Crippen molar-refractivity contribution in [2.45, 2.75) is 50.6 Å². The Morgan fingerprint density at radius 1 is 1.26 bits per heavy atom. The van der Waals surface area contributed by atoms with Gasteiger partial charge in [-0.05, 0) is 49.3 Å². The highest BCUT2D eigenvalue weighted by atomic mass is 32.2. The molecule has 140 valence electrons. The SMILES string of the molecule is CCc1ccc([C@H](C)NC(=O)CSc2ncnc3sc4c(c23)CCC4)cc1. The second kappa shape index (κ2) is 7.98. The third-order valence-electron chi connectivity index (χ3n) is 5.07. The summed E-state index contributed by atoms with van der Waals surface area (Å²) >= 11 is 3.30. The number of hydrogen-bond acceptors (Lipinski definition) is 5. The van der Waals surface area contributed by atoms with Gasteiger partial charge in [-0.3, -0.25) is 4.79 Å². The number of nitrogens with zero attached hydrogens (tertiary/aromatic N) is 2. The molecular formula is C21H23N3OS2. The van der Waals surface area contributed by atoms with E-state index in [1.165, 1.54) is 39.6 Å². The first-order valence-corrected chi connectivity index (χ1v) is 11.2. The van der Waals surface area contributed by atoms with Gasteiger partial charge < -0.3 is 5.32 Å². The standard InChI is InChI=1S/C21H23N3OS2/c1-3-14-7-9-15(10-8-14)13(2)24-18(25)11-26-20-19-16-5-4-6-17(16)27-21(19)23-12-22-20/h7-10,12-13H,3-6,11H2,1-2H3,(H,24,25)/t13-/m0/s1. The van der Waals surface area contributed by atoms with Gasteiger partial charge in [0.25, 0.3) is 0 Å². The maximum atomic E-state index is 12.5. The number of amides is 1. The molecule has 0 bridgehead atoms. The Hall–Kier alpha value is -1.92. The number of thiophene rings is 1. The van der Waals surface area contributed by atoms with Crippen LogP contribution in [-0.4, -0.2) is 21.6 Å². The smallest absolute Gasteiger partial charge is 0.230 e. The summed E-state index contributed by atoms with van der Waals surface area (Å²) < 4.78 is 0. The van der Waals surface area contributed by atoms with Crippen molar-refractivity contribution in [2.75, 3.05) is 5.75 Å². The number of aromatic nitrogens is 2. The van der Waals surface area contributed by atoms with E-state index in [0.29, 0.717) is 5.75 Å². The molecule has 1 amide bonds. The van der Waals surface area contributed by atoms with E-state index in [2.05, 4.69) is 46.5 Å². The molecule has 2 heterocycles. The van der Waals surface area contributed by atoms with Gasteiger partial charge in [-0.15, -0.1) is 11.3 Å². The number of nitrogens with one attached hydrogen (secondary N) is 1. The lowest BCUT2D eigenvalue weighted by Gasteiger charge is -2.14. The van der Waals surface area contributed by atoms with Crippen molar-refractivity contribution < 1.29 is 4.79 Å². The highest BCUT2D eigenvalue weighted by Crippen LogP contribution is 2.39. The molecule has 27 heavy (non-hydrogen) atoms. The van der Waals surface area contributed by atoms with Crippen molar-refractivity contribution in [1.29, 1.82) is 0 Å². The van der Waals surface area contributed by atoms with Crippen molar-refractivity contribution in [1.82, 2.24) is 15.3 Å². The summed E-state index contributed by atoms with van der Waals surface area (Å²) in [5.74, 6) is 0.402. The lowest BCUT2D eigenvalue weighted by atomic mass is 10.1. The van der Waals surface area contributed by atoms with Crippen LogP contribution in [-0.2, 0) is 24.1 Å². The normalized spacial score (nSPS) is 14.3. The lowest BCUT2D eigenvalue weighted by molar-refractivity contribution is -0.119. The Balaban J connectivity index is 1.41. The number of carbonyl (C=O) groups excluding carboxylic acids is 1. The number of fused-ring (bicyclic) bond motifs is 3. The molecule has 1 atom stereocenters. The van der Waals surface area contributed by atoms with Crippen LogP contribution in [0.5, 0.6) is 0 Å². The van der Waals surface area contributed by atoms with Gasteiger partial charge in [0.15, 0.2) is 0 Å². The van der Waals surface area contributed by atoms with Gasteiger partial charge in [-0.25, -0.2) is 9.97 Å². The van der Waals surface area contributed by atoms with E-state index in [0.717, 1.165) is 34.7 Å². The Morgan fingerprint density at radius 3 is 2.85 bits per heavy atom. The van der Waals surface area contributed by atoms with E-state index in [4.69, 9.17) is 0 Å². The highest BCUT2D eigenvalue weighted by Gasteiger charge is 2.21. The van der Waals surface area contributed by atoms with Crippen LogP contribution in [0.3, 0.4) is 0 Å². The molecule has 1 aliphatic rings. The largest absolute Gasteiger partial charge is 0.349 e. The fourth-order valence-corrected chi connectivity index (χ4v) is 5.68. The molecule has 2 aromatic heterocycles. The predicted molar refractivity (Wildman–Crippen MR) is 113 cm³/mol. The topological polar surface area (TPSA) is 54.9 Å². The van der Waals surface area contributed by atoms with Gasteiger partial charge in [0.2, 0.25) is 5.91 Å². The average Bonchev–Trinajstić information content (AvgIpc) is 3.27. The zero-order valence-electron chi connectivity index (χ0n) is 15.6.